The molecule has 0 radical (unpaired) electrons. The fourth-order valence-corrected chi connectivity index (χ4v) is 2.00. The molecule has 0 saturated heterocycles. The number of nitrogens with zero attached hydrogens (tertiary/aromatic N) is 1. The Morgan fingerprint density at radius 1 is 1.73 bits per heavy atom. The first-order valence-corrected chi connectivity index (χ1v) is 5.33. The van der Waals surface area contributed by atoms with Crippen LogP contribution in [0.2, 0.25) is 0 Å². The highest BCUT2D eigenvalue weighted by Gasteiger charge is 2.22. The van der Waals surface area contributed by atoms with E-state index in [4.69, 9.17) is 5.73 Å². The molecule has 1 aliphatic carbocycles. The third-order valence-electron chi connectivity index (χ3n) is 2.75. The maximum Gasteiger partial charge on any atom is 0.221 e. The molecule has 1 aromatic heterocycles. The lowest BCUT2D eigenvalue weighted by molar-refractivity contribution is -0.121. The molecule has 1 aliphatic rings. The van der Waals surface area contributed by atoms with E-state index in [1.165, 1.54) is 5.56 Å². The van der Waals surface area contributed by atoms with Gasteiger partial charge < -0.3 is 11.1 Å². The predicted molar refractivity (Wildman–Crippen MR) is 56.1 cm³/mol. The van der Waals surface area contributed by atoms with Crippen LogP contribution in [0.3, 0.4) is 0 Å². The molecular weight excluding hydrogens is 192 g/mol. The minimum Gasteiger partial charge on any atom is -0.348 e. The quantitative estimate of drug-likeness (QED) is 0.666. The largest absolute Gasteiger partial charge is 0.348 e. The van der Waals surface area contributed by atoms with Crippen LogP contribution in [0.25, 0.3) is 0 Å². The summed E-state index contributed by atoms with van der Waals surface area (Å²) in [4.78, 5) is 11.4. The van der Waals surface area contributed by atoms with Crippen molar-refractivity contribution in [1.29, 1.82) is 0 Å². The van der Waals surface area contributed by atoms with Crippen LogP contribution >= 0.6 is 0 Å². The van der Waals surface area contributed by atoms with Gasteiger partial charge in [0.25, 0.3) is 0 Å². The smallest absolute Gasteiger partial charge is 0.221 e. The van der Waals surface area contributed by atoms with Gasteiger partial charge in [0, 0.05) is 13.0 Å². The van der Waals surface area contributed by atoms with E-state index in [0.717, 1.165) is 25.0 Å². The number of aryl methyl sites for hydroxylation is 1. The molecule has 1 unspecified atom stereocenters. The first-order valence-electron chi connectivity index (χ1n) is 5.33. The van der Waals surface area contributed by atoms with Crippen molar-refractivity contribution in [2.75, 3.05) is 6.54 Å². The number of hydrogen-bond donors (Lipinski definition) is 3. The van der Waals surface area contributed by atoms with E-state index in [0.29, 0.717) is 13.0 Å². The third-order valence-corrected chi connectivity index (χ3v) is 2.75. The van der Waals surface area contributed by atoms with E-state index < -0.39 is 0 Å². The minimum absolute atomic E-state index is 0.0185. The fourth-order valence-electron chi connectivity index (χ4n) is 2.00. The van der Waals surface area contributed by atoms with Gasteiger partial charge in [-0.3, -0.25) is 9.89 Å². The van der Waals surface area contributed by atoms with Crippen molar-refractivity contribution in [2.45, 2.75) is 31.7 Å². The fraction of sp³-hybridized carbons (Fsp3) is 0.600. The first-order chi connectivity index (χ1) is 7.31. The average molecular weight is 208 g/mol. The number of carbonyl (C=O) groups excluding carboxylic acids is 1. The van der Waals surface area contributed by atoms with Gasteiger partial charge in [-0.2, -0.15) is 5.10 Å². The normalized spacial score (nSPS) is 19.7. The highest BCUT2D eigenvalue weighted by Crippen LogP contribution is 2.27. The summed E-state index contributed by atoms with van der Waals surface area (Å²) >= 11 is 0. The van der Waals surface area contributed by atoms with Crippen molar-refractivity contribution >= 4 is 5.91 Å². The van der Waals surface area contributed by atoms with E-state index in [9.17, 15) is 4.79 Å². The Morgan fingerprint density at radius 2 is 2.60 bits per heavy atom. The van der Waals surface area contributed by atoms with E-state index in [-0.39, 0.29) is 11.9 Å². The number of fused-ring (bicyclic) bond motifs is 1. The molecule has 5 nitrogen and oxygen atoms in total. The summed E-state index contributed by atoms with van der Waals surface area (Å²) in [6.07, 6.45) is 5.36. The summed E-state index contributed by atoms with van der Waals surface area (Å²) in [5.74, 6) is 0.0185. The summed E-state index contributed by atoms with van der Waals surface area (Å²) in [7, 11) is 0. The molecule has 5 heteroatoms. The molecule has 1 amide bonds. The number of aromatic amines is 1. The number of amides is 1. The molecule has 2 rings (SSSR count). The molecule has 0 saturated carbocycles. The summed E-state index contributed by atoms with van der Waals surface area (Å²) in [6, 6.07) is 0.0929. The predicted octanol–water partition coefficient (Wildman–Crippen LogP) is 0.252. The number of H-pyrrole nitrogens is 1. The second-order valence-corrected chi connectivity index (χ2v) is 3.86. The lowest BCUT2D eigenvalue weighted by Gasteiger charge is -2.22. The molecule has 0 bridgehead atoms. The molecule has 1 atom stereocenters. The van der Waals surface area contributed by atoms with E-state index in [1.54, 1.807) is 0 Å². The van der Waals surface area contributed by atoms with Gasteiger partial charge >= 0.3 is 0 Å². The van der Waals surface area contributed by atoms with Crippen molar-refractivity contribution < 1.29 is 4.79 Å². The van der Waals surface area contributed by atoms with Crippen LogP contribution in [0.5, 0.6) is 0 Å². The van der Waals surface area contributed by atoms with Crippen LogP contribution < -0.4 is 11.1 Å². The van der Waals surface area contributed by atoms with Gasteiger partial charge in [0.2, 0.25) is 5.91 Å². The van der Waals surface area contributed by atoms with Gasteiger partial charge in [-0.25, -0.2) is 0 Å². The van der Waals surface area contributed by atoms with Crippen LogP contribution in [-0.2, 0) is 11.2 Å². The van der Waals surface area contributed by atoms with Crippen LogP contribution in [-0.4, -0.2) is 22.6 Å². The summed E-state index contributed by atoms with van der Waals surface area (Å²) in [6.45, 7) is 0.397. The molecule has 15 heavy (non-hydrogen) atoms. The number of nitrogens with one attached hydrogen (secondary N) is 2. The number of rotatable bonds is 3. The number of carbonyl (C=O) groups is 1. The topological polar surface area (TPSA) is 83.8 Å². The average Bonchev–Trinajstić information content (AvgIpc) is 2.67. The summed E-state index contributed by atoms with van der Waals surface area (Å²) in [5, 5.41) is 9.94. The molecule has 0 spiro atoms. The van der Waals surface area contributed by atoms with Crippen LogP contribution in [0.15, 0.2) is 6.20 Å². The highest BCUT2D eigenvalue weighted by molar-refractivity contribution is 5.76. The van der Waals surface area contributed by atoms with Crippen LogP contribution in [0, 0.1) is 0 Å². The molecule has 0 aliphatic heterocycles. The lowest BCUT2D eigenvalue weighted by atomic mass is 9.93. The van der Waals surface area contributed by atoms with Gasteiger partial charge in [0.1, 0.15) is 0 Å². The molecule has 0 aromatic carbocycles. The van der Waals surface area contributed by atoms with E-state index >= 15 is 0 Å². The maximum atomic E-state index is 11.4. The van der Waals surface area contributed by atoms with Gasteiger partial charge in [0.05, 0.1) is 17.9 Å². The number of hydrogen-bond acceptors (Lipinski definition) is 3. The lowest BCUT2D eigenvalue weighted by Crippen LogP contribution is -2.32. The summed E-state index contributed by atoms with van der Waals surface area (Å²) in [5.41, 5.74) is 7.61. The SMILES string of the molecule is NCCC(=O)NC1CCCc2cn[nH]c21. The molecule has 4 N–H and O–H groups in total. The Bertz CT molecular complexity index is 347. The second kappa shape index (κ2) is 4.44. The Kier molecular flexibility index (Phi) is 3.01. The van der Waals surface area contributed by atoms with E-state index in [2.05, 4.69) is 15.5 Å². The number of nitrogens with two attached hydrogens (primary N) is 1. The Labute approximate surface area is 88.4 Å². The molecule has 82 valence electrons. The van der Waals surface area contributed by atoms with Crippen molar-refractivity contribution in [3.63, 3.8) is 0 Å². The zero-order valence-electron chi connectivity index (χ0n) is 8.62. The van der Waals surface area contributed by atoms with Crippen molar-refractivity contribution in [3.05, 3.63) is 17.5 Å². The highest BCUT2D eigenvalue weighted by atomic mass is 16.1. The minimum atomic E-state index is 0.0185. The van der Waals surface area contributed by atoms with Gasteiger partial charge in [-0.05, 0) is 24.8 Å². The van der Waals surface area contributed by atoms with Crippen LogP contribution in [0.4, 0.5) is 0 Å². The van der Waals surface area contributed by atoms with Gasteiger partial charge in [-0.15, -0.1) is 0 Å². The zero-order valence-corrected chi connectivity index (χ0v) is 8.62. The molecule has 1 aromatic rings. The summed E-state index contributed by atoms with van der Waals surface area (Å²) < 4.78 is 0. The van der Waals surface area contributed by atoms with Crippen molar-refractivity contribution in [1.82, 2.24) is 15.5 Å². The molecule has 1 heterocycles. The Hall–Kier alpha value is -1.36. The Balaban J connectivity index is 2.03. The monoisotopic (exact) mass is 208 g/mol. The first kappa shape index (κ1) is 10.2. The second-order valence-electron chi connectivity index (χ2n) is 3.86. The van der Waals surface area contributed by atoms with Crippen molar-refractivity contribution in [2.24, 2.45) is 5.73 Å². The van der Waals surface area contributed by atoms with Gasteiger partial charge in [-0.1, -0.05) is 0 Å². The zero-order chi connectivity index (χ0) is 10.7. The molecule has 0 fully saturated rings. The maximum absolute atomic E-state index is 11.4. The third kappa shape index (κ3) is 2.18. The van der Waals surface area contributed by atoms with Gasteiger partial charge in [0.15, 0.2) is 0 Å². The van der Waals surface area contributed by atoms with E-state index in [1.807, 2.05) is 6.20 Å². The molecular formula is C10H16N4O. The number of aromatic nitrogens is 2. The van der Waals surface area contributed by atoms with Crippen molar-refractivity contribution in [3.8, 4) is 0 Å². The Morgan fingerprint density at radius 3 is 3.40 bits per heavy atom. The van der Waals surface area contributed by atoms with Crippen LogP contribution in [0.1, 0.15) is 36.6 Å². The standard InChI is InChI=1S/C10H16N4O/c11-5-4-9(15)13-8-3-1-2-7-6-12-14-10(7)8/h6,8H,1-5,11H2,(H,12,14)(H,13,15).